The minimum absolute atomic E-state index is 0.000499. The van der Waals surface area contributed by atoms with Crippen LogP contribution in [0.15, 0.2) is 18.2 Å². The molecule has 1 unspecified atom stereocenters. The fourth-order valence-corrected chi connectivity index (χ4v) is 3.77. The second-order valence-electron chi connectivity index (χ2n) is 7.63. The molecule has 1 aromatic rings. The molecule has 1 amide bonds. The topological polar surface area (TPSA) is 44.8 Å². The number of nitrogens with zero attached hydrogens (tertiary/aromatic N) is 2. The quantitative estimate of drug-likeness (QED) is 0.849. The number of hydrogen-bond donors (Lipinski definition) is 1. The average molecular weight is 343 g/mol. The van der Waals surface area contributed by atoms with Crippen LogP contribution in [-0.2, 0) is 17.6 Å². The van der Waals surface area contributed by atoms with E-state index < -0.39 is 0 Å². The molecule has 0 aromatic heterocycles. The first kappa shape index (κ1) is 16.9. The van der Waals surface area contributed by atoms with Crippen LogP contribution in [0.3, 0.4) is 0 Å². The van der Waals surface area contributed by atoms with Crippen LogP contribution in [0.5, 0.6) is 5.75 Å². The second kappa shape index (κ2) is 7.34. The number of carbonyl (C=O) groups excluding carboxylic acids is 1. The molecule has 1 aromatic carbocycles. The Morgan fingerprint density at radius 3 is 2.84 bits per heavy atom. The highest BCUT2D eigenvalue weighted by Gasteiger charge is 2.29. The number of benzene rings is 1. The van der Waals surface area contributed by atoms with Crippen molar-refractivity contribution in [1.29, 1.82) is 0 Å². The predicted molar refractivity (Wildman–Crippen MR) is 98.0 cm³/mol. The van der Waals surface area contributed by atoms with Crippen molar-refractivity contribution < 1.29 is 9.53 Å². The number of hydrogen-bond acceptors (Lipinski definition) is 4. The summed E-state index contributed by atoms with van der Waals surface area (Å²) in [4.78, 5) is 17.0. The van der Waals surface area contributed by atoms with E-state index >= 15 is 0 Å². The Morgan fingerprint density at radius 1 is 1.28 bits per heavy atom. The van der Waals surface area contributed by atoms with E-state index in [9.17, 15) is 4.79 Å². The summed E-state index contributed by atoms with van der Waals surface area (Å²) in [5.74, 6) is 1.27. The molecule has 1 atom stereocenters. The summed E-state index contributed by atoms with van der Waals surface area (Å²) < 4.78 is 5.58. The van der Waals surface area contributed by atoms with Crippen LogP contribution in [0.1, 0.15) is 30.9 Å². The third-order valence-electron chi connectivity index (χ3n) is 5.73. The minimum atomic E-state index is -0.000499. The van der Waals surface area contributed by atoms with E-state index in [4.69, 9.17) is 4.74 Å². The fourth-order valence-electron chi connectivity index (χ4n) is 3.77. The van der Waals surface area contributed by atoms with Crippen molar-refractivity contribution >= 4 is 5.91 Å². The van der Waals surface area contributed by atoms with Gasteiger partial charge in [-0.15, -0.1) is 0 Å². The van der Waals surface area contributed by atoms with Gasteiger partial charge in [0.15, 0.2) is 0 Å². The Morgan fingerprint density at radius 2 is 2.08 bits per heavy atom. The van der Waals surface area contributed by atoms with E-state index in [1.807, 2.05) is 6.92 Å². The summed E-state index contributed by atoms with van der Waals surface area (Å²) in [5, 5.41) is 3.12. The highest BCUT2D eigenvalue weighted by atomic mass is 16.5. The molecule has 4 rings (SSSR count). The predicted octanol–water partition coefficient (Wildman–Crippen LogP) is 1.45. The molecule has 5 heteroatoms. The standard InChI is InChI=1S/C20H29N3O2/c1-15(20(24)21-18-3-4-18)23-11-9-22(10-12-23)8-6-16-2-5-19-17(14-16)7-13-25-19/h2,5,14-15,18H,3-4,6-13H2,1H3,(H,21,24). The molecule has 25 heavy (non-hydrogen) atoms. The lowest BCUT2D eigenvalue weighted by molar-refractivity contribution is -0.126. The Bertz CT molecular complexity index is 621. The van der Waals surface area contributed by atoms with Crippen LogP contribution < -0.4 is 10.1 Å². The molecule has 1 saturated heterocycles. The molecular formula is C20H29N3O2. The maximum atomic E-state index is 12.2. The van der Waals surface area contributed by atoms with Gasteiger partial charge < -0.3 is 15.0 Å². The molecule has 0 spiro atoms. The van der Waals surface area contributed by atoms with Gasteiger partial charge in [-0.05, 0) is 43.4 Å². The van der Waals surface area contributed by atoms with Crippen LogP contribution in [0.2, 0.25) is 0 Å². The van der Waals surface area contributed by atoms with Crippen molar-refractivity contribution in [1.82, 2.24) is 15.1 Å². The van der Waals surface area contributed by atoms with Gasteiger partial charge in [0, 0.05) is 45.2 Å². The van der Waals surface area contributed by atoms with Crippen molar-refractivity contribution in [2.75, 3.05) is 39.3 Å². The SMILES string of the molecule is CC(C(=O)NC1CC1)N1CCN(CCc2ccc3c(c2)CCO3)CC1. The molecule has 1 aliphatic carbocycles. The molecule has 0 bridgehead atoms. The van der Waals surface area contributed by atoms with E-state index in [1.165, 1.54) is 11.1 Å². The molecule has 2 fully saturated rings. The van der Waals surface area contributed by atoms with Crippen molar-refractivity contribution in [2.24, 2.45) is 0 Å². The zero-order valence-corrected chi connectivity index (χ0v) is 15.2. The summed E-state index contributed by atoms with van der Waals surface area (Å²) in [6, 6.07) is 7.08. The Balaban J connectivity index is 1.21. The normalized spacial score (nSPS) is 22.3. The number of nitrogens with one attached hydrogen (secondary N) is 1. The molecule has 2 heterocycles. The van der Waals surface area contributed by atoms with Gasteiger partial charge >= 0.3 is 0 Å². The van der Waals surface area contributed by atoms with E-state index in [0.29, 0.717) is 6.04 Å². The highest BCUT2D eigenvalue weighted by Crippen LogP contribution is 2.26. The van der Waals surface area contributed by atoms with Crippen molar-refractivity contribution in [3.63, 3.8) is 0 Å². The van der Waals surface area contributed by atoms with Crippen molar-refractivity contribution in [3.05, 3.63) is 29.3 Å². The zero-order valence-electron chi connectivity index (χ0n) is 15.2. The van der Waals surface area contributed by atoms with Gasteiger partial charge in [-0.3, -0.25) is 9.69 Å². The first-order valence-corrected chi connectivity index (χ1v) is 9.70. The van der Waals surface area contributed by atoms with Crippen molar-refractivity contribution in [2.45, 2.75) is 44.7 Å². The van der Waals surface area contributed by atoms with Gasteiger partial charge in [-0.1, -0.05) is 12.1 Å². The molecule has 3 aliphatic rings. The lowest BCUT2D eigenvalue weighted by Crippen LogP contribution is -2.54. The number of amides is 1. The van der Waals surface area contributed by atoms with Gasteiger partial charge in [0.05, 0.1) is 12.6 Å². The van der Waals surface area contributed by atoms with E-state index in [-0.39, 0.29) is 11.9 Å². The number of ether oxygens (including phenoxy) is 1. The third kappa shape index (κ3) is 4.15. The largest absolute Gasteiger partial charge is 0.493 e. The maximum absolute atomic E-state index is 12.2. The number of fused-ring (bicyclic) bond motifs is 1. The number of rotatable bonds is 6. The smallest absolute Gasteiger partial charge is 0.237 e. The summed E-state index contributed by atoms with van der Waals surface area (Å²) in [6.07, 6.45) is 4.44. The third-order valence-corrected chi connectivity index (χ3v) is 5.73. The highest BCUT2D eigenvalue weighted by molar-refractivity contribution is 5.81. The van der Waals surface area contributed by atoms with Crippen molar-refractivity contribution in [3.8, 4) is 5.75 Å². The fraction of sp³-hybridized carbons (Fsp3) is 0.650. The molecule has 0 radical (unpaired) electrons. The maximum Gasteiger partial charge on any atom is 0.237 e. The lowest BCUT2D eigenvalue weighted by atomic mass is 10.1. The molecule has 5 nitrogen and oxygen atoms in total. The van der Waals surface area contributed by atoms with Gasteiger partial charge in [-0.25, -0.2) is 0 Å². The number of piperazine rings is 1. The summed E-state index contributed by atoms with van der Waals surface area (Å²) in [6.45, 7) is 8.03. The average Bonchev–Trinajstić information content (AvgIpc) is 3.33. The van der Waals surface area contributed by atoms with Crippen LogP contribution in [0, 0.1) is 0 Å². The Kier molecular flexibility index (Phi) is 4.95. The van der Waals surface area contributed by atoms with E-state index in [2.05, 4.69) is 33.3 Å². The number of carbonyl (C=O) groups is 1. The molecule has 136 valence electrons. The second-order valence-corrected chi connectivity index (χ2v) is 7.63. The van der Waals surface area contributed by atoms with Crippen LogP contribution >= 0.6 is 0 Å². The molecule has 1 saturated carbocycles. The van der Waals surface area contributed by atoms with E-state index in [1.54, 1.807) is 0 Å². The molecule has 2 aliphatic heterocycles. The van der Waals surface area contributed by atoms with Crippen LogP contribution in [-0.4, -0.2) is 67.1 Å². The Labute approximate surface area is 150 Å². The Hall–Kier alpha value is -1.59. The van der Waals surface area contributed by atoms with Gasteiger partial charge in [-0.2, -0.15) is 0 Å². The van der Waals surface area contributed by atoms with E-state index in [0.717, 1.165) is 70.8 Å². The zero-order chi connectivity index (χ0) is 17.2. The van der Waals surface area contributed by atoms with Gasteiger partial charge in [0.2, 0.25) is 5.91 Å². The first-order chi connectivity index (χ1) is 12.2. The monoisotopic (exact) mass is 343 g/mol. The molecule has 1 N–H and O–H groups in total. The van der Waals surface area contributed by atoms with Crippen LogP contribution in [0.4, 0.5) is 0 Å². The van der Waals surface area contributed by atoms with Gasteiger partial charge in [0.1, 0.15) is 5.75 Å². The minimum Gasteiger partial charge on any atom is -0.493 e. The summed E-state index contributed by atoms with van der Waals surface area (Å²) in [5.41, 5.74) is 2.77. The lowest BCUT2D eigenvalue weighted by Gasteiger charge is -2.37. The molecular weight excluding hydrogens is 314 g/mol. The summed E-state index contributed by atoms with van der Waals surface area (Å²) in [7, 11) is 0. The van der Waals surface area contributed by atoms with Crippen LogP contribution in [0.25, 0.3) is 0 Å². The summed E-state index contributed by atoms with van der Waals surface area (Å²) >= 11 is 0. The van der Waals surface area contributed by atoms with Gasteiger partial charge in [0.25, 0.3) is 0 Å². The first-order valence-electron chi connectivity index (χ1n) is 9.70.